The van der Waals surface area contributed by atoms with Gasteiger partial charge in [-0.3, -0.25) is 4.79 Å². The van der Waals surface area contributed by atoms with Gasteiger partial charge in [-0.1, -0.05) is 67.7 Å². The van der Waals surface area contributed by atoms with Crippen LogP contribution in [0.1, 0.15) is 38.2 Å². The number of unbranched alkanes of at least 4 members (excludes halogenated alkanes) is 1. The first kappa shape index (κ1) is 22.5. The number of carbonyl (C=O) groups is 1. The SMILES string of the molecule is CC/C=C\CC/C=C/C=C\C=C\[C@@H](O)CCOc1ccc(CC(N)=O)cc1. The molecule has 0 saturated carbocycles. The van der Waals surface area contributed by atoms with Crippen LogP contribution in [-0.2, 0) is 11.2 Å². The second kappa shape index (κ2) is 14.6. The molecule has 1 amide bonds. The van der Waals surface area contributed by atoms with Crippen molar-refractivity contribution in [1.82, 2.24) is 0 Å². The summed E-state index contributed by atoms with van der Waals surface area (Å²) < 4.78 is 5.59. The Morgan fingerprint density at radius 1 is 1.07 bits per heavy atom. The Kier molecular flexibility index (Phi) is 12.1. The molecule has 0 aromatic heterocycles. The Morgan fingerprint density at radius 3 is 2.48 bits per heavy atom. The number of nitrogens with two attached hydrogens (primary N) is 1. The number of benzene rings is 1. The monoisotopic (exact) mass is 369 g/mol. The fourth-order valence-corrected chi connectivity index (χ4v) is 2.27. The summed E-state index contributed by atoms with van der Waals surface area (Å²) in [5, 5.41) is 9.92. The van der Waals surface area contributed by atoms with Crippen molar-refractivity contribution in [1.29, 1.82) is 0 Å². The van der Waals surface area contributed by atoms with Gasteiger partial charge in [-0.2, -0.15) is 0 Å². The van der Waals surface area contributed by atoms with Gasteiger partial charge in [0.2, 0.25) is 5.91 Å². The molecule has 27 heavy (non-hydrogen) atoms. The number of primary amides is 1. The van der Waals surface area contributed by atoms with E-state index in [-0.39, 0.29) is 12.3 Å². The van der Waals surface area contributed by atoms with Gasteiger partial charge in [-0.25, -0.2) is 0 Å². The minimum Gasteiger partial charge on any atom is -0.493 e. The molecule has 0 radical (unpaired) electrons. The van der Waals surface area contributed by atoms with Gasteiger partial charge in [0.25, 0.3) is 0 Å². The molecule has 0 aliphatic rings. The van der Waals surface area contributed by atoms with E-state index in [1.54, 1.807) is 18.2 Å². The average molecular weight is 370 g/mol. The van der Waals surface area contributed by atoms with Crippen molar-refractivity contribution in [3.63, 3.8) is 0 Å². The highest BCUT2D eigenvalue weighted by atomic mass is 16.5. The standard InChI is InChI=1S/C23H31NO3/c1-2-3-4-5-6-7-8-9-10-11-12-21(25)17-18-27-22-15-13-20(14-16-22)19-23(24)26/h3-4,7-16,21,25H,2,5-6,17-19H2,1H3,(H2,24,26)/b4-3-,8-7+,10-9-,12-11+/t21-/m1/s1. The molecule has 1 aromatic carbocycles. The fourth-order valence-electron chi connectivity index (χ4n) is 2.27. The molecule has 0 aliphatic heterocycles. The fraction of sp³-hybridized carbons (Fsp3) is 0.348. The maximum Gasteiger partial charge on any atom is 0.221 e. The first-order valence-electron chi connectivity index (χ1n) is 9.45. The van der Waals surface area contributed by atoms with E-state index in [0.717, 1.165) is 24.8 Å². The third kappa shape index (κ3) is 12.4. The molecular weight excluding hydrogens is 338 g/mol. The predicted molar refractivity (Wildman–Crippen MR) is 112 cm³/mol. The summed E-state index contributed by atoms with van der Waals surface area (Å²) in [5.41, 5.74) is 6.01. The van der Waals surface area contributed by atoms with Crippen LogP contribution < -0.4 is 10.5 Å². The summed E-state index contributed by atoms with van der Waals surface area (Å²) in [6.07, 6.45) is 19.3. The molecule has 1 atom stereocenters. The number of amides is 1. The lowest BCUT2D eigenvalue weighted by atomic mass is 10.1. The van der Waals surface area contributed by atoms with E-state index in [2.05, 4.69) is 25.2 Å². The Morgan fingerprint density at radius 2 is 1.78 bits per heavy atom. The predicted octanol–water partition coefficient (Wildman–Crippen LogP) is 4.26. The highest BCUT2D eigenvalue weighted by Gasteiger charge is 2.01. The van der Waals surface area contributed by atoms with Gasteiger partial charge in [-0.05, 0) is 37.0 Å². The van der Waals surface area contributed by atoms with Gasteiger partial charge in [0.15, 0.2) is 0 Å². The van der Waals surface area contributed by atoms with Crippen molar-refractivity contribution in [2.45, 2.75) is 45.1 Å². The Labute approximate surface area is 162 Å². The van der Waals surface area contributed by atoms with E-state index in [9.17, 15) is 9.90 Å². The lowest BCUT2D eigenvalue weighted by Crippen LogP contribution is -2.13. The van der Waals surface area contributed by atoms with E-state index >= 15 is 0 Å². The summed E-state index contributed by atoms with van der Waals surface area (Å²) >= 11 is 0. The van der Waals surface area contributed by atoms with E-state index in [0.29, 0.717) is 18.8 Å². The zero-order valence-corrected chi connectivity index (χ0v) is 16.1. The average Bonchev–Trinajstić information content (AvgIpc) is 2.64. The Bertz CT molecular complexity index is 642. The van der Waals surface area contributed by atoms with E-state index in [1.807, 2.05) is 36.4 Å². The number of aliphatic hydroxyl groups is 1. The normalized spacial score (nSPS) is 13.3. The molecule has 1 aromatic rings. The molecule has 1 rings (SSSR count). The number of carbonyl (C=O) groups excluding carboxylic acids is 1. The summed E-state index contributed by atoms with van der Waals surface area (Å²) in [6, 6.07) is 7.23. The molecule has 0 aliphatic carbocycles. The van der Waals surface area contributed by atoms with Crippen LogP contribution in [0.4, 0.5) is 0 Å². The van der Waals surface area contributed by atoms with Crippen LogP contribution in [0.3, 0.4) is 0 Å². The number of ether oxygens (including phenoxy) is 1. The van der Waals surface area contributed by atoms with Crippen LogP contribution >= 0.6 is 0 Å². The Hall–Kier alpha value is -2.59. The zero-order chi connectivity index (χ0) is 19.7. The maximum atomic E-state index is 10.9. The van der Waals surface area contributed by atoms with Gasteiger partial charge < -0.3 is 15.6 Å². The molecule has 4 heteroatoms. The topological polar surface area (TPSA) is 72.6 Å². The molecular formula is C23H31NO3. The van der Waals surface area contributed by atoms with Gasteiger partial charge in [0, 0.05) is 6.42 Å². The van der Waals surface area contributed by atoms with Crippen molar-refractivity contribution in [3.8, 4) is 5.75 Å². The van der Waals surface area contributed by atoms with Crippen molar-refractivity contribution >= 4 is 5.91 Å². The quantitative estimate of drug-likeness (QED) is 0.310. The van der Waals surface area contributed by atoms with Crippen molar-refractivity contribution in [2.24, 2.45) is 5.73 Å². The van der Waals surface area contributed by atoms with Gasteiger partial charge in [0.1, 0.15) is 5.75 Å². The lowest BCUT2D eigenvalue weighted by Gasteiger charge is -2.08. The summed E-state index contributed by atoms with van der Waals surface area (Å²) in [5.74, 6) is 0.352. The van der Waals surface area contributed by atoms with Crippen molar-refractivity contribution in [2.75, 3.05) is 6.61 Å². The smallest absolute Gasteiger partial charge is 0.221 e. The van der Waals surface area contributed by atoms with Gasteiger partial charge in [-0.15, -0.1) is 0 Å². The number of aliphatic hydroxyl groups excluding tert-OH is 1. The highest BCUT2D eigenvalue weighted by molar-refractivity contribution is 5.76. The van der Waals surface area contributed by atoms with Crippen LogP contribution in [0.15, 0.2) is 72.9 Å². The van der Waals surface area contributed by atoms with Crippen LogP contribution in [0.25, 0.3) is 0 Å². The van der Waals surface area contributed by atoms with Gasteiger partial charge in [0.05, 0.1) is 19.1 Å². The molecule has 0 heterocycles. The zero-order valence-electron chi connectivity index (χ0n) is 16.1. The summed E-state index contributed by atoms with van der Waals surface area (Å²) in [6.45, 7) is 2.54. The van der Waals surface area contributed by atoms with E-state index in [1.165, 1.54) is 0 Å². The lowest BCUT2D eigenvalue weighted by molar-refractivity contribution is -0.117. The number of hydrogen-bond donors (Lipinski definition) is 2. The van der Waals surface area contributed by atoms with Crippen LogP contribution in [0.2, 0.25) is 0 Å². The molecule has 0 bridgehead atoms. The second-order valence-corrected chi connectivity index (χ2v) is 6.15. The van der Waals surface area contributed by atoms with E-state index < -0.39 is 6.10 Å². The van der Waals surface area contributed by atoms with Crippen molar-refractivity contribution in [3.05, 3.63) is 78.4 Å². The number of hydrogen-bond acceptors (Lipinski definition) is 3. The molecule has 0 spiro atoms. The number of rotatable bonds is 13. The molecule has 4 nitrogen and oxygen atoms in total. The number of allylic oxidation sites excluding steroid dienone is 7. The first-order chi connectivity index (χ1) is 13.1. The van der Waals surface area contributed by atoms with Crippen LogP contribution in [-0.4, -0.2) is 23.7 Å². The third-order valence-corrected chi connectivity index (χ3v) is 3.69. The second-order valence-electron chi connectivity index (χ2n) is 6.15. The van der Waals surface area contributed by atoms with E-state index in [4.69, 9.17) is 10.5 Å². The van der Waals surface area contributed by atoms with Gasteiger partial charge >= 0.3 is 0 Å². The minimum atomic E-state index is -0.549. The highest BCUT2D eigenvalue weighted by Crippen LogP contribution is 2.13. The molecule has 146 valence electrons. The molecule has 0 fully saturated rings. The maximum absolute atomic E-state index is 10.9. The Balaban J connectivity index is 2.19. The van der Waals surface area contributed by atoms with Crippen molar-refractivity contribution < 1.29 is 14.6 Å². The largest absolute Gasteiger partial charge is 0.493 e. The molecule has 3 N–H and O–H groups in total. The minimum absolute atomic E-state index is 0.225. The molecule has 0 unspecified atom stereocenters. The summed E-state index contributed by atoms with van der Waals surface area (Å²) in [4.78, 5) is 10.9. The third-order valence-electron chi connectivity index (χ3n) is 3.69. The first-order valence-corrected chi connectivity index (χ1v) is 9.45. The van der Waals surface area contributed by atoms with Crippen LogP contribution in [0.5, 0.6) is 5.75 Å². The summed E-state index contributed by atoms with van der Waals surface area (Å²) in [7, 11) is 0. The van der Waals surface area contributed by atoms with Crippen LogP contribution in [0, 0.1) is 0 Å². The molecule has 0 saturated heterocycles.